The van der Waals surface area contributed by atoms with Gasteiger partial charge in [-0.1, -0.05) is 97.1 Å². The van der Waals surface area contributed by atoms with Gasteiger partial charge in [-0.05, 0) is 47.5 Å². The Hall–Kier alpha value is -5.59. The van der Waals surface area contributed by atoms with Gasteiger partial charge in [-0.3, -0.25) is 9.59 Å². The zero-order valence-electron chi connectivity index (χ0n) is 23.4. The van der Waals surface area contributed by atoms with Gasteiger partial charge in [0, 0.05) is 27.4 Å². The second-order valence-electron chi connectivity index (χ2n) is 10.5. The molecule has 212 valence electrons. The van der Waals surface area contributed by atoms with E-state index in [-0.39, 0.29) is 28.0 Å². The van der Waals surface area contributed by atoms with Crippen LogP contribution in [0, 0.1) is 0 Å². The van der Waals surface area contributed by atoms with E-state index in [1.807, 2.05) is 121 Å². The molecule has 0 heterocycles. The molecule has 6 heteroatoms. The fourth-order valence-corrected chi connectivity index (χ4v) is 6.15. The number of nitrogens with one attached hydrogen (secondary N) is 2. The predicted molar refractivity (Wildman–Crippen MR) is 179 cm³/mol. The van der Waals surface area contributed by atoms with Gasteiger partial charge in [-0.25, -0.2) is 0 Å². The molecule has 0 aromatic heterocycles. The van der Waals surface area contributed by atoms with Gasteiger partial charge >= 0.3 is 0 Å². The summed E-state index contributed by atoms with van der Waals surface area (Å²) in [5, 5.41) is 18.0. The molecule has 6 aromatic rings. The maximum absolute atomic E-state index is 14.7. The molecule has 5 nitrogen and oxygen atoms in total. The molecule has 0 amide bonds. The highest BCUT2D eigenvalue weighted by Gasteiger charge is 2.40. The lowest BCUT2D eigenvalue weighted by Crippen LogP contribution is -2.25. The molecular weight excluding hydrogens is 564 g/mol. The van der Waals surface area contributed by atoms with Crippen LogP contribution in [-0.4, -0.2) is 16.7 Å². The first-order valence-corrected chi connectivity index (χ1v) is 14.6. The van der Waals surface area contributed by atoms with Crippen LogP contribution in [0.2, 0.25) is 0 Å². The summed E-state index contributed by atoms with van der Waals surface area (Å²) in [5.41, 5.74) is 6.09. The van der Waals surface area contributed by atoms with Crippen LogP contribution in [0.5, 0.6) is 5.75 Å². The van der Waals surface area contributed by atoms with Gasteiger partial charge in [0.2, 0.25) is 0 Å². The fraction of sp³-hybridized carbons (Fsp3) is 0. The summed E-state index contributed by atoms with van der Waals surface area (Å²) < 4.78 is 0. The minimum Gasteiger partial charge on any atom is -0.507 e. The van der Waals surface area contributed by atoms with Gasteiger partial charge in [-0.15, -0.1) is 12.6 Å². The van der Waals surface area contributed by atoms with Crippen molar-refractivity contribution < 1.29 is 14.7 Å². The Kier molecular flexibility index (Phi) is 6.97. The van der Waals surface area contributed by atoms with Crippen LogP contribution < -0.4 is 10.6 Å². The molecule has 0 atom stereocenters. The van der Waals surface area contributed by atoms with Crippen molar-refractivity contribution in [1.82, 2.24) is 0 Å². The molecule has 0 bridgehead atoms. The number of benzene rings is 6. The van der Waals surface area contributed by atoms with Crippen LogP contribution in [0.3, 0.4) is 0 Å². The third-order valence-electron chi connectivity index (χ3n) is 7.78. The summed E-state index contributed by atoms with van der Waals surface area (Å²) in [6.07, 6.45) is 0. The van der Waals surface area contributed by atoms with E-state index in [1.54, 1.807) is 0 Å². The molecule has 3 N–H and O–H groups in total. The van der Waals surface area contributed by atoms with Gasteiger partial charge in [0.1, 0.15) is 5.75 Å². The van der Waals surface area contributed by atoms with Gasteiger partial charge < -0.3 is 15.7 Å². The van der Waals surface area contributed by atoms with Crippen molar-refractivity contribution in [3.63, 3.8) is 0 Å². The van der Waals surface area contributed by atoms with Crippen molar-refractivity contribution in [2.45, 2.75) is 4.90 Å². The van der Waals surface area contributed by atoms with E-state index in [9.17, 15) is 14.7 Å². The van der Waals surface area contributed by atoms with Gasteiger partial charge in [0.25, 0.3) is 0 Å². The van der Waals surface area contributed by atoms with E-state index in [1.165, 1.54) is 12.1 Å². The monoisotopic (exact) mass is 590 g/mol. The molecule has 7 rings (SSSR count). The topological polar surface area (TPSA) is 78.4 Å². The number of carbonyl (C=O) groups is 2. The minimum atomic E-state index is -0.464. The number of phenols is 1. The number of hydrogen-bond donors (Lipinski definition) is 4. The molecule has 0 fully saturated rings. The second-order valence-corrected chi connectivity index (χ2v) is 11.0. The molecule has 44 heavy (non-hydrogen) atoms. The molecule has 1 aliphatic rings. The summed E-state index contributed by atoms with van der Waals surface area (Å²) in [5.74, 6) is -1.13. The lowest BCUT2D eigenvalue weighted by Gasteiger charge is -2.30. The third-order valence-corrected chi connectivity index (χ3v) is 8.15. The first kappa shape index (κ1) is 27.3. The largest absolute Gasteiger partial charge is 0.507 e. The Labute approximate surface area is 260 Å². The lowest BCUT2D eigenvalue weighted by molar-refractivity contribution is 0.0975. The molecule has 0 unspecified atom stereocenters. The number of para-hydroxylation sites is 2. The lowest BCUT2D eigenvalue weighted by atomic mass is 9.76. The molecule has 0 saturated heterocycles. The van der Waals surface area contributed by atoms with Crippen molar-refractivity contribution >= 4 is 46.9 Å². The summed E-state index contributed by atoms with van der Waals surface area (Å²) in [6.45, 7) is 0. The van der Waals surface area contributed by atoms with Crippen molar-refractivity contribution in [2.24, 2.45) is 0 Å². The maximum atomic E-state index is 14.7. The SMILES string of the molecule is O=C1c2c(O)ccc(S)c2C(=O)c2c(Nc3ccccc3)c(-c3ccccc3)c(-c3ccccc3)c(Nc3ccccc3)c21. The summed E-state index contributed by atoms with van der Waals surface area (Å²) in [4.78, 5) is 29.7. The number of thiol groups is 1. The first-order valence-electron chi connectivity index (χ1n) is 14.2. The highest BCUT2D eigenvalue weighted by Crippen LogP contribution is 2.52. The molecular formula is C38H26N2O3S. The molecule has 0 spiro atoms. The van der Waals surface area contributed by atoms with E-state index in [4.69, 9.17) is 0 Å². The fourth-order valence-electron chi connectivity index (χ4n) is 5.86. The van der Waals surface area contributed by atoms with E-state index in [2.05, 4.69) is 23.3 Å². The Balaban J connectivity index is 1.68. The van der Waals surface area contributed by atoms with Crippen LogP contribution in [0.15, 0.2) is 138 Å². The van der Waals surface area contributed by atoms with E-state index < -0.39 is 11.6 Å². The van der Waals surface area contributed by atoms with Crippen LogP contribution in [-0.2, 0) is 0 Å². The first-order chi connectivity index (χ1) is 21.5. The quantitative estimate of drug-likeness (QED) is 0.145. The minimum absolute atomic E-state index is 0.0526. The smallest absolute Gasteiger partial charge is 0.200 e. The number of aromatic hydroxyl groups is 1. The number of fused-ring (bicyclic) bond motifs is 2. The van der Waals surface area contributed by atoms with E-state index >= 15 is 0 Å². The molecule has 6 aromatic carbocycles. The van der Waals surface area contributed by atoms with Crippen LogP contribution >= 0.6 is 12.6 Å². The Morgan fingerprint density at radius 3 is 1.25 bits per heavy atom. The number of anilines is 4. The van der Waals surface area contributed by atoms with Gasteiger partial charge in [-0.2, -0.15) is 0 Å². The van der Waals surface area contributed by atoms with Crippen molar-refractivity contribution in [2.75, 3.05) is 10.6 Å². The Bertz CT molecular complexity index is 1900. The summed E-state index contributed by atoms with van der Waals surface area (Å²) in [7, 11) is 0. The average Bonchev–Trinajstić information content (AvgIpc) is 3.06. The number of hydrogen-bond acceptors (Lipinski definition) is 6. The molecule has 0 aliphatic heterocycles. The second kappa shape index (κ2) is 11.2. The molecule has 0 radical (unpaired) electrons. The number of ketones is 2. The van der Waals surface area contributed by atoms with Crippen LogP contribution in [0.1, 0.15) is 31.8 Å². The Morgan fingerprint density at radius 2 is 0.818 bits per heavy atom. The van der Waals surface area contributed by atoms with Crippen molar-refractivity contribution in [3.05, 3.63) is 156 Å². The number of phenolic OH excluding ortho intramolecular Hbond substituents is 1. The van der Waals surface area contributed by atoms with E-state index in [0.29, 0.717) is 16.3 Å². The molecule has 1 aliphatic carbocycles. The van der Waals surface area contributed by atoms with Gasteiger partial charge in [0.05, 0.1) is 33.6 Å². The zero-order chi connectivity index (χ0) is 30.2. The highest BCUT2D eigenvalue weighted by atomic mass is 32.1. The highest BCUT2D eigenvalue weighted by molar-refractivity contribution is 7.80. The van der Waals surface area contributed by atoms with Crippen molar-refractivity contribution in [3.8, 4) is 28.0 Å². The third kappa shape index (κ3) is 4.62. The van der Waals surface area contributed by atoms with Crippen LogP contribution in [0.25, 0.3) is 22.3 Å². The standard InChI is InChI=1S/C38H26N2O3S/c41-27-21-22-28(44)32-31(27)37(42)33-34(38(32)43)36(40-26-19-11-4-12-20-26)30(24-15-7-2-8-16-24)29(23-13-5-1-6-14-23)35(33)39-25-17-9-3-10-18-25/h1-22,39-41,44H. The van der Waals surface area contributed by atoms with E-state index in [0.717, 1.165) is 33.6 Å². The van der Waals surface area contributed by atoms with Crippen LogP contribution in [0.4, 0.5) is 22.7 Å². The summed E-state index contributed by atoms with van der Waals surface area (Å²) in [6, 6.07) is 41.7. The Morgan fingerprint density at radius 1 is 0.432 bits per heavy atom. The predicted octanol–water partition coefficient (Wildman–Crippen LogP) is 9.28. The normalized spacial score (nSPS) is 11.9. The van der Waals surface area contributed by atoms with Gasteiger partial charge in [0.15, 0.2) is 11.6 Å². The van der Waals surface area contributed by atoms with Crippen molar-refractivity contribution in [1.29, 1.82) is 0 Å². The summed E-state index contributed by atoms with van der Waals surface area (Å²) >= 11 is 4.57. The zero-order valence-corrected chi connectivity index (χ0v) is 24.3. The average molecular weight is 591 g/mol. The molecule has 0 saturated carbocycles. The number of rotatable bonds is 6. The number of carbonyl (C=O) groups excluding carboxylic acids is 2. The maximum Gasteiger partial charge on any atom is 0.200 e.